The van der Waals surface area contributed by atoms with Gasteiger partial charge in [0.1, 0.15) is 11.3 Å². The second-order valence-electron chi connectivity index (χ2n) is 6.36. The Morgan fingerprint density at radius 3 is 2.71 bits per heavy atom. The van der Waals surface area contributed by atoms with Crippen molar-refractivity contribution in [1.82, 2.24) is 5.32 Å². The van der Waals surface area contributed by atoms with Gasteiger partial charge in [-0.2, -0.15) is 0 Å². The van der Waals surface area contributed by atoms with Crippen LogP contribution in [0.2, 0.25) is 0 Å². The van der Waals surface area contributed by atoms with E-state index in [4.69, 9.17) is 4.42 Å². The number of hydrogen-bond donors (Lipinski definition) is 1. The SMILES string of the molecule is CCNC(c1cc2cccc(Br)c2o1)C1CCC(C)CC1. The van der Waals surface area contributed by atoms with Crippen LogP contribution in [-0.4, -0.2) is 6.54 Å². The highest BCUT2D eigenvalue weighted by atomic mass is 79.9. The number of fused-ring (bicyclic) bond motifs is 1. The molecular weight excluding hydrogens is 326 g/mol. The number of rotatable bonds is 4. The molecule has 3 heteroatoms. The smallest absolute Gasteiger partial charge is 0.148 e. The van der Waals surface area contributed by atoms with Crippen LogP contribution in [0.5, 0.6) is 0 Å². The summed E-state index contributed by atoms with van der Waals surface area (Å²) in [6, 6.07) is 8.79. The van der Waals surface area contributed by atoms with Crippen molar-refractivity contribution < 1.29 is 4.42 Å². The summed E-state index contributed by atoms with van der Waals surface area (Å²) < 4.78 is 7.22. The number of benzene rings is 1. The quantitative estimate of drug-likeness (QED) is 0.768. The van der Waals surface area contributed by atoms with Gasteiger partial charge in [0.25, 0.3) is 0 Å². The zero-order valence-corrected chi connectivity index (χ0v) is 14.4. The lowest BCUT2D eigenvalue weighted by atomic mass is 9.78. The van der Waals surface area contributed by atoms with E-state index >= 15 is 0 Å². The van der Waals surface area contributed by atoms with E-state index in [1.807, 2.05) is 6.07 Å². The molecule has 21 heavy (non-hydrogen) atoms. The molecule has 0 amide bonds. The molecule has 0 aliphatic heterocycles. The van der Waals surface area contributed by atoms with E-state index < -0.39 is 0 Å². The van der Waals surface area contributed by atoms with Gasteiger partial charge in [-0.25, -0.2) is 0 Å². The van der Waals surface area contributed by atoms with Crippen LogP contribution in [0.15, 0.2) is 33.2 Å². The minimum Gasteiger partial charge on any atom is -0.458 e. The molecule has 1 atom stereocenters. The van der Waals surface area contributed by atoms with Crippen LogP contribution in [0, 0.1) is 11.8 Å². The van der Waals surface area contributed by atoms with E-state index in [9.17, 15) is 0 Å². The topological polar surface area (TPSA) is 25.2 Å². The zero-order valence-electron chi connectivity index (χ0n) is 12.9. The van der Waals surface area contributed by atoms with Crippen molar-refractivity contribution in [3.8, 4) is 0 Å². The van der Waals surface area contributed by atoms with Gasteiger partial charge >= 0.3 is 0 Å². The molecule has 1 aliphatic carbocycles. The number of para-hydroxylation sites is 1. The molecule has 2 nitrogen and oxygen atoms in total. The highest BCUT2D eigenvalue weighted by molar-refractivity contribution is 9.10. The molecule has 1 heterocycles. The lowest BCUT2D eigenvalue weighted by molar-refractivity contribution is 0.216. The Balaban J connectivity index is 1.89. The Morgan fingerprint density at radius 1 is 1.29 bits per heavy atom. The van der Waals surface area contributed by atoms with Crippen molar-refractivity contribution in [1.29, 1.82) is 0 Å². The van der Waals surface area contributed by atoms with Crippen LogP contribution >= 0.6 is 15.9 Å². The van der Waals surface area contributed by atoms with Crippen LogP contribution in [-0.2, 0) is 0 Å². The number of furan rings is 1. The summed E-state index contributed by atoms with van der Waals surface area (Å²) in [5, 5.41) is 4.84. The van der Waals surface area contributed by atoms with Crippen molar-refractivity contribution >= 4 is 26.9 Å². The second-order valence-corrected chi connectivity index (χ2v) is 7.22. The van der Waals surface area contributed by atoms with Crippen LogP contribution in [0.4, 0.5) is 0 Å². The van der Waals surface area contributed by atoms with Crippen LogP contribution < -0.4 is 5.32 Å². The highest BCUT2D eigenvalue weighted by Crippen LogP contribution is 2.39. The first kappa shape index (κ1) is 15.1. The van der Waals surface area contributed by atoms with Gasteiger partial charge in [0.15, 0.2) is 0 Å². The normalized spacial score (nSPS) is 24.3. The first-order valence-corrected chi connectivity index (χ1v) is 8.89. The van der Waals surface area contributed by atoms with Crippen molar-refractivity contribution in [2.45, 2.75) is 45.6 Å². The predicted octanol–water partition coefficient (Wildman–Crippen LogP) is 5.67. The van der Waals surface area contributed by atoms with Gasteiger partial charge in [0.2, 0.25) is 0 Å². The van der Waals surface area contributed by atoms with Crippen molar-refractivity contribution in [3.05, 3.63) is 34.5 Å². The maximum Gasteiger partial charge on any atom is 0.148 e. The summed E-state index contributed by atoms with van der Waals surface area (Å²) in [5.74, 6) is 2.67. The second kappa shape index (κ2) is 6.53. The molecule has 0 saturated heterocycles. The van der Waals surface area contributed by atoms with Crippen molar-refractivity contribution in [2.75, 3.05) is 6.54 Å². The lowest BCUT2D eigenvalue weighted by Crippen LogP contribution is -2.30. The molecule has 2 aromatic rings. The van der Waals surface area contributed by atoms with Gasteiger partial charge in [0, 0.05) is 5.39 Å². The summed E-state index contributed by atoms with van der Waals surface area (Å²) >= 11 is 3.59. The fraction of sp³-hybridized carbons (Fsp3) is 0.556. The molecule has 1 aromatic carbocycles. The molecule has 1 aromatic heterocycles. The van der Waals surface area contributed by atoms with Gasteiger partial charge in [-0.15, -0.1) is 0 Å². The van der Waals surface area contributed by atoms with E-state index in [0.29, 0.717) is 12.0 Å². The molecule has 0 bridgehead atoms. The third-order valence-electron chi connectivity index (χ3n) is 4.78. The Kier molecular flexibility index (Phi) is 4.70. The lowest BCUT2D eigenvalue weighted by Gasteiger charge is -2.32. The largest absolute Gasteiger partial charge is 0.458 e. The van der Waals surface area contributed by atoms with Crippen molar-refractivity contribution in [3.63, 3.8) is 0 Å². The third-order valence-corrected chi connectivity index (χ3v) is 5.40. The van der Waals surface area contributed by atoms with Gasteiger partial charge in [-0.3, -0.25) is 0 Å². The summed E-state index contributed by atoms with van der Waals surface area (Å²) in [6.45, 7) is 5.53. The Morgan fingerprint density at radius 2 is 2.05 bits per heavy atom. The molecule has 1 saturated carbocycles. The summed E-state index contributed by atoms with van der Waals surface area (Å²) in [4.78, 5) is 0. The molecule has 3 rings (SSSR count). The molecule has 0 spiro atoms. The van der Waals surface area contributed by atoms with E-state index in [-0.39, 0.29) is 0 Å². The predicted molar refractivity (Wildman–Crippen MR) is 91.5 cm³/mol. The minimum absolute atomic E-state index is 0.349. The van der Waals surface area contributed by atoms with Crippen LogP contribution in [0.1, 0.15) is 51.3 Å². The Hall–Kier alpha value is -0.800. The number of halogens is 1. The Bertz CT molecular complexity index is 598. The van der Waals surface area contributed by atoms with E-state index in [2.05, 4.69) is 53.3 Å². The summed E-state index contributed by atoms with van der Waals surface area (Å²) in [5.41, 5.74) is 0.972. The molecule has 1 aliphatic rings. The minimum atomic E-state index is 0.349. The highest BCUT2D eigenvalue weighted by Gasteiger charge is 2.29. The monoisotopic (exact) mass is 349 g/mol. The number of nitrogens with one attached hydrogen (secondary N) is 1. The van der Waals surface area contributed by atoms with Gasteiger partial charge in [0.05, 0.1) is 10.5 Å². The molecule has 0 radical (unpaired) electrons. The van der Waals surface area contributed by atoms with Crippen molar-refractivity contribution in [2.24, 2.45) is 11.8 Å². The zero-order chi connectivity index (χ0) is 14.8. The first-order chi connectivity index (χ1) is 10.2. The average molecular weight is 350 g/mol. The molecule has 1 N–H and O–H groups in total. The van der Waals surface area contributed by atoms with Gasteiger partial charge in [-0.05, 0) is 59.3 Å². The van der Waals surface area contributed by atoms with E-state index in [1.54, 1.807) is 0 Å². The van der Waals surface area contributed by atoms with Gasteiger partial charge < -0.3 is 9.73 Å². The molecule has 114 valence electrons. The fourth-order valence-electron chi connectivity index (χ4n) is 3.54. The molecular formula is C18H24BrNO. The third kappa shape index (κ3) is 3.19. The maximum atomic E-state index is 6.18. The molecule has 1 unspecified atom stereocenters. The molecule has 1 fully saturated rings. The summed E-state index contributed by atoms with van der Waals surface area (Å²) in [7, 11) is 0. The van der Waals surface area contributed by atoms with Crippen LogP contribution in [0.25, 0.3) is 11.0 Å². The standard InChI is InChI=1S/C18H24BrNO/c1-3-20-17(13-9-7-12(2)8-10-13)16-11-14-5-4-6-15(19)18(14)21-16/h4-6,11-13,17,20H,3,7-10H2,1-2H3. The number of hydrogen-bond acceptors (Lipinski definition) is 2. The van der Waals surface area contributed by atoms with E-state index in [1.165, 1.54) is 31.1 Å². The first-order valence-electron chi connectivity index (χ1n) is 8.10. The van der Waals surface area contributed by atoms with Gasteiger partial charge in [-0.1, -0.05) is 38.8 Å². The van der Waals surface area contributed by atoms with Crippen LogP contribution in [0.3, 0.4) is 0 Å². The summed E-state index contributed by atoms with van der Waals surface area (Å²) in [6.07, 6.45) is 5.29. The van der Waals surface area contributed by atoms with E-state index in [0.717, 1.165) is 28.3 Å². The maximum absolute atomic E-state index is 6.18. The average Bonchev–Trinajstić information content (AvgIpc) is 2.91. The fourth-order valence-corrected chi connectivity index (χ4v) is 4.00. The Labute approximate surface area is 135 Å².